The molecular weight excluding hydrogens is 826 g/mol. The lowest BCUT2D eigenvalue weighted by Crippen LogP contribution is -2.66. The average molecular weight is 871 g/mol. The molecule has 2 N–H and O–H groups in total. The molecule has 64 heavy (non-hydrogen) atoms. The Morgan fingerprint density at radius 2 is 1.55 bits per heavy atom. The van der Waals surface area contributed by atoms with Crippen LogP contribution in [0.15, 0.2) is 84.0 Å². The molecule has 2 bridgehead atoms. The molecular formula is C48H45F3N8O5. The smallest absolute Gasteiger partial charge is 0.267 e. The molecule has 6 aliphatic rings. The quantitative estimate of drug-likeness (QED) is 0.157. The van der Waals surface area contributed by atoms with Gasteiger partial charge in [-0.25, -0.2) is 17.9 Å². The number of halogens is 3. The average Bonchev–Trinajstić information content (AvgIpc) is 3.62. The lowest BCUT2D eigenvalue weighted by molar-refractivity contribution is -0.0704. The molecule has 4 aliphatic heterocycles. The van der Waals surface area contributed by atoms with Crippen LogP contribution in [0.5, 0.6) is 23.5 Å². The van der Waals surface area contributed by atoms with Crippen molar-refractivity contribution in [3.05, 3.63) is 107 Å². The summed E-state index contributed by atoms with van der Waals surface area (Å²) in [4.78, 5) is 23.6. The number of rotatable bonds is 8. The van der Waals surface area contributed by atoms with E-state index in [1.54, 1.807) is 57.0 Å². The van der Waals surface area contributed by atoms with Gasteiger partial charge in [0.1, 0.15) is 31.2 Å². The Balaban J connectivity index is 0.777. The molecule has 0 amide bonds. The number of H-pyrrole nitrogens is 1. The lowest BCUT2D eigenvalue weighted by atomic mass is 9.91. The van der Waals surface area contributed by atoms with Crippen molar-refractivity contribution in [2.75, 3.05) is 7.05 Å². The Bertz CT molecular complexity index is 2890. The van der Waals surface area contributed by atoms with Crippen LogP contribution in [0, 0.1) is 11.7 Å². The number of fused-ring (bicyclic) bond motifs is 9. The number of aromatic amines is 1. The molecule has 4 aromatic heterocycles. The number of piperidine rings is 1. The van der Waals surface area contributed by atoms with Crippen molar-refractivity contribution >= 4 is 0 Å². The van der Waals surface area contributed by atoms with E-state index in [-0.39, 0.29) is 43.2 Å². The van der Waals surface area contributed by atoms with Crippen LogP contribution < -0.4 is 29.8 Å². The van der Waals surface area contributed by atoms with Gasteiger partial charge in [0.05, 0.1) is 24.5 Å². The summed E-state index contributed by atoms with van der Waals surface area (Å²) in [7, 11) is 3.42. The molecule has 4 fully saturated rings. The zero-order chi connectivity index (χ0) is 43.5. The zero-order valence-electron chi connectivity index (χ0n) is 35.2. The number of ether oxygens (including phenoxy) is 4. The highest BCUT2D eigenvalue weighted by Gasteiger charge is 2.65. The van der Waals surface area contributed by atoms with Gasteiger partial charge >= 0.3 is 0 Å². The number of pyridine rings is 2. The Morgan fingerprint density at radius 1 is 0.797 bits per heavy atom. The maximum absolute atomic E-state index is 16.1. The number of likely N-dealkylation sites (N-methyl/N-ethyl adjacent to an activating group) is 1. The highest BCUT2D eigenvalue weighted by atomic mass is 19.3. The second-order valence-electron chi connectivity index (χ2n) is 18.4. The van der Waals surface area contributed by atoms with Crippen molar-refractivity contribution in [3.8, 4) is 68.0 Å². The monoisotopic (exact) mass is 870 g/mol. The number of alkyl halides is 2. The Hall–Kier alpha value is -6.26. The molecule has 328 valence electrons. The van der Waals surface area contributed by atoms with Gasteiger partial charge in [-0.2, -0.15) is 20.2 Å². The number of aryl methyl sites for hydroxylation is 1. The van der Waals surface area contributed by atoms with Crippen LogP contribution in [0.25, 0.3) is 44.5 Å². The molecule has 16 heteroatoms. The highest BCUT2D eigenvalue weighted by molar-refractivity contribution is 5.79. The van der Waals surface area contributed by atoms with Gasteiger partial charge in [0, 0.05) is 90.1 Å². The van der Waals surface area contributed by atoms with Crippen LogP contribution in [0.3, 0.4) is 0 Å². The van der Waals surface area contributed by atoms with Crippen molar-refractivity contribution in [1.29, 1.82) is 0 Å². The van der Waals surface area contributed by atoms with E-state index in [1.165, 1.54) is 10.7 Å². The van der Waals surface area contributed by atoms with Crippen LogP contribution in [0.1, 0.15) is 56.1 Å². The van der Waals surface area contributed by atoms with E-state index >= 15 is 13.2 Å². The van der Waals surface area contributed by atoms with Gasteiger partial charge in [0.25, 0.3) is 11.5 Å². The topological polar surface area (TPSA) is 142 Å². The molecule has 4 unspecified atom stereocenters. The van der Waals surface area contributed by atoms with Crippen LogP contribution in [-0.2, 0) is 20.3 Å². The predicted molar refractivity (Wildman–Crippen MR) is 229 cm³/mol. The van der Waals surface area contributed by atoms with E-state index in [1.807, 2.05) is 35.2 Å². The fourth-order valence-electron chi connectivity index (χ4n) is 11.2. The van der Waals surface area contributed by atoms with Gasteiger partial charge in [-0.1, -0.05) is 12.1 Å². The number of hydrogen-bond donors (Lipinski definition) is 2. The molecule has 2 aliphatic carbocycles. The minimum atomic E-state index is -2.91. The molecule has 12 rings (SSSR count). The van der Waals surface area contributed by atoms with Gasteiger partial charge in [0.2, 0.25) is 23.5 Å². The number of nitrogens with zero attached hydrogens (tertiary/aromatic N) is 6. The van der Waals surface area contributed by atoms with Crippen LogP contribution in [0.2, 0.25) is 0 Å². The van der Waals surface area contributed by atoms with E-state index in [4.69, 9.17) is 28.9 Å². The summed E-state index contributed by atoms with van der Waals surface area (Å²) in [5, 5.41) is 14.7. The molecule has 13 nitrogen and oxygen atoms in total. The summed E-state index contributed by atoms with van der Waals surface area (Å²) in [6.07, 6.45) is 8.47. The summed E-state index contributed by atoms with van der Waals surface area (Å²) < 4.78 is 74.3. The first-order valence-corrected chi connectivity index (χ1v) is 22.0. The molecule has 2 saturated carbocycles. The van der Waals surface area contributed by atoms with Crippen molar-refractivity contribution in [2.24, 2.45) is 13.0 Å². The van der Waals surface area contributed by atoms with Crippen molar-refractivity contribution in [3.63, 3.8) is 0 Å². The molecule has 7 atom stereocenters. The van der Waals surface area contributed by atoms with E-state index in [0.717, 1.165) is 64.6 Å². The van der Waals surface area contributed by atoms with E-state index in [9.17, 15) is 4.79 Å². The molecule has 0 spiro atoms. The normalized spacial score (nSPS) is 27.1. The van der Waals surface area contributed by atoms with Gasteiger partial charge < -0.3 is 24.3 Å². The van der Waals surface area contributed by atoms with Gasteiger partial charge in [-0.05, 0) is 96.8 Å². The molecule has 6 aromatic rings. The van der Waals surface area contributed by atoms with E-state index in [2.05, 4.69) is 20.6 Å². The Labute approximate surface area is 365 Å². The molecule has 8 heterocycles. The van der Waals surface area contributed by atoms with E-state index < -0.39 is 29.6 Å². The maximum Gasteiger partial charge on any atom is 0.267 e. The summed E-state index contributed by atoms with van der Waals surface area (Å²) in [6.45, 7) is 0.498. The molecule has 2 aromatic carbocycles. The number of nitrogens with one attached hydrogen (secondary N) is 2. The standard InChI is InChI=1S/C48H45F3N8O5/c1-58-31-15-39(64-41-11-8-34-33-7-6-25(12-27(33)23-61-45(34)56-41)26-14-42(60)59(2)54-22-26)43(44(58)48(50,51)18-31)57-47-17-30(47)4-3-5-32(19-47)63-40-10-9-35-36-16-38(49)37(29-20-52-53-21-29)13-28(36)24-62-46(35)55-40/h6-14,16,20-22,30-32,39,43-44,57H,3-5,15,17-19,23-24H2,1-2H3,(H,52,53)/t30?,31?,32-,39-,43?,44?,47-/m1/s1. The minimum Gasteiger partial charge on any atom is -0.474 e. The van der Waals surface area contributed by atoms with Crippen LogP contribution in [0.4, 0.5) is 13.2 Å². The lowest BCUT2D eigenvalue weighted by Gasteiger charge is -2.45. The summed E-state index contributed by atoms with van der Waals surface area (Å²) >= 11 is 0. The van der Waals surface area contributed by atoms with Crippen molar-refractivity contribution < 1.29 is 32.1 Å². The summed E-state index contributed by atoms with van der Waals surface area (Å²) in [5.41, 5.74) is 7.04. The van der Waals surface area contributed by atoms with Gasteiger partial charge in [-0.15, -0.1) is 0 Å². The fraction of sp³-hybridized carbons (Fsp3) is 0.396. The van der Waals surface area contributed by atoms with Crippen LogP contribution in [-0.4, -0.2) is 83.7 Å². The third-order valence-corrected chi connectivity index (χ3v) is 14.5. The fourth-order valence-corrected chi connectivity index (χ4v) is 11.2. The number of benzene rings is 2. The molecule has 2 saturated heterocycles. The number of aromatic nitrogens is 6. The largest absolute Gasteiger partial charge is 0.474 e. The van der Waals surface area contributed by atoms with Crippen molar-refractivity contribution in [1.82, 2.24) is 40.2 Å². The second kappa shape index (κ2) is 14.6. The Morgan fingerprint density at radius 3 is 2.31 bits per heavy atom. The van der Waals surface area contributed by atoms with Crippen LogP contribution >= 0.6 is 0 Å². The first-order valence-electron chi connectivity index (χ1n) is 22.0. The molecule has 0 radical (unpaired) electrons. The SMILES string of the molecule is CN1C2C[C@@H](Oc3ccc4c(n3)OCc3cc(-c5cnn(C)c(=O)c5)ccc3-4)C(N[C@@]34CC3CCC[C@@H](Oc3ccc5c(n3)OCc3cc(-c6cn[nH]c6)c(F)cc3-5)C4)C1C(F)(F)C2. The minimum absolute atomic E-state index is 0.193. The van der Waals surface area contributed by atoms with Crippen molar-refractivity contribution in [2.45, 2.75) is 100.0 Å². The predicted octanol–water partition coefficient (Wildman–Crippen LogP) is 7.48. The first kappa shape index (κ1) is 39.3. The first-order chi connectivity index (χ1) is 31.0. The van der Waals surface area contributed by atoms with Gasteiger partial charge in [-0.3, -0.25) is 14.8 Å². The number of hydrogen-bond acceptors (Lipinski definition) is 11. The second-order valence-corrected chi connectivity index (χ2v) is 18.4. The third kappa shape index (κ3) is 6.63. The van der Waals surface area contributed by atoms with E-state index in [0.29, 0.717) is 59.0 Å². The summed E-state index contributed by atoms with van der Waals surface area (Å²) in [6, 6.07) is 16.1. The summed E-state index contributed by atoms with van der Waals surface area (Å²) in [5.74, 6) is -1.43. The third-order valence-electron chi connectivity index (χ3n) is 14.5. The zero-order valence-corrected chi connectivity index (χ0v) is 35.2. The maximum atomic E-state index is 16.1. The highest BCUT2D eigenvalue weighted by Crippen LogP contribution is 2.55. The van der Waals surface area contributed by atoms with Gasteiger partial charge in [0.15, 0.2) is 0 Å². The Kier molecular flexibility index (Phi) is 9.00.